The van der Waals surface area contributed by atoms with Crippen molar-refractivity contribution in [3.05, 3.63) is 18.5 Å². The molecule has 0 spiro atoms. The van der Waals surface area contributed by atoms with Gasteiger partial charge in [-0.3, -0.25) is 4.79 Å². The van der Waals surface area contributed by atoms with Gasteiger partial charge in [0.15, 0.2) is 0 Å². The monoisotopic (exact) mass is 365 g/mol. The van der Waals surface area contributed by atoms with Crippen LogP contribution >= 0.6 is 0 Å². The van der Waals surface area contributed by atoms with Crippen LogP contribution in [0.1, 0.15) is 44.6 Å². The Morgan fingerprint density at radius 2 is 2.27 bits per heavy atom. The first-order valence-electron chi connectivity index (χ1n) is 9.50. The van der Waals surface area contributed by atoms with E-state index in [0.29, 0.717) is 31.3 Å². The van der Waals surface area contributed by atoms with E-state index in [4.69, 9.17) is 0 Å². The number of nitrogens with one attached hydrogen (secondary N) is 1. The van der Waals surface area contributed by atoms with Crippen molar-refractivity contribution in [2.45, 2.75) is 57.0 Å². The average molecular weight is 365 g/mol. The Labute approximate surface area is 151 Å². The van der Waals surface area contributed by atoms with Crippen molar-refractivity contribution < 1.29 is 13.6 Å². The molecule has 1 aromatic heterocycles. The maximum Gasteiger partial charge on any atom is 0.260 e. The van der Waals surface area contributed by atoms with Crippen molar-refractivity contribution in [1.82, 2.24) is 19.7 Å². The number of rotatable bonds is 4. The van der Waals surface area contributed by atoms with Crippen molar-refractivity contribution in [2.24, 2.45) is 11.8 Å². The second-order valence-electron chi connectivity index (χ2n) is 7.63. The summed E-state index contributed by atoms with van der Waals surface area (Å²) in [4.78, 5) is 18.6. The van der Waals surface area contributed by atoms with E-state index in [9.17, 15) is 13.6 Å². The van der Waals surface area contributed by atoms with E-state index in [1.54, 1.807) is 0 Å². The Kier molecular flexibility index (Phi) is 4.91. The smallest absolute Gasteiger partial charge is 0.260 e. The van der Waals surface area contributed by atoms with Gasteiger partial charge in [0.2, 0.25) is 11.9 Å². The van der Waals surface area contributed by atoms with E-state index >= 15 is 0 Å². The van der Waals surface area contributed by atoms with Gasteiger partial charge in [0.1, 0.15) is 12.4 Å². The van der Waals surface area contributed by atoms with E-state index in [0.717, 1.165) is 32.2 Å². The highest BCUT2D eigenvalue weighted by atomic mass is 19.3. The number of alkyl halides is 2. The van der Waals surface area contributed by atoms with Crippen molar-refractivity contribution >= 4 is 11.9 Å². The van der Waals surface area contributed by atoms with Gasteiger partial charge in [0.25, 0.3) is 6.43 Å². The van der Waals surface area contributed by atoms with Crippen molar-refractivity contribution in [1.29, 1.82) is 0 Å². The lowest BCUT2D eigenvalue weighted by Crippen LogP contribution is -2.48. The number of nitrogens with zero attached hydrogens (tertiary/aromatic N) is 4. The molecule has 8 heteroatoms. The zero-order valence-electron chi connectivity index (χ0n) is 14.7. The SMILES string of the molecule is O=C(C[C@@H]1C=CCC1)N1CCC[C@@H]([C@@H]2C[C@H](C(F)F)n3ncnc3N2)C1. The summed E-state index contributed by atoms with van der Waals surface area (Å²) in [7, 11) is 0. The largest absolute Gasteiger partial charge is 0.351 e. The third-order valence-electron chi connectivity index (χ3n) is 5.92. The molecule has 0 bridgehead atoms. The fourth-order valence-corrected chi connectivity index (χ4v) is 4.48. The molecule has 4 rings (SSSR count). The Hall–Kier alpha value is -1.99. The lowest BCUT2D eigenvalue weighted by Gasteiger charge is -2.40. The minimum absolute atomic E-state index is 0.104. The van der Waals surface area contributed by atoms with Crippen LogP contribution < -0.4 is 5.32 Å². The maximum absolute atomic E-state index is 13.5. The van der Waals surface area contributed by atoms with Gasteiger partial charge in [0, 0.05) is 25.6 Å². The number of amides is 1. The molecule has 26 heavy (non-hydrogen) atoms. The van der Waals surface area contributed by atoms with Gasteiger partial charge in [-0.05, 0) is 43.9 Å². The van der Waals surface area contributed by atoms with Crippen LogP contribution in [0.5, 0.6) is 0 Å². The van der Waals surface area contributed by atoms with Gasteiger partial charge < -0.3 is 10.2 Å². The predicted octanol–water partition coefficient (Wildman–Crippen LogP) is 2.86. The molecular formula is C18H25F2N5O. The number of piperidine rings is 1. The first kappa shape index (κ1) is 17.4. The number of hydrogen-bond donors (Lipinski definition) is 1. The summed E-state index contributed by atoms with van der Waals surface area (Å²) in [6.45, 7) is 1.41. The molecule has 2 aliphatic heterocycles. The summed E-state index contributed by atoms with van der Waals surface area (Å²) in [6, 6.07) is -1.05. The second kappa shape index (κ2) is 7.32. The number of likely N-dealkylation sites (tertiary alicyclic amines) is 1. The van der Waals surface area contributed by atoms with Crippen molar-refractivity contribution in [2.75, 3.05) is 18.4 Å². The Morgan fingerprint density at radius 1 is 1.38 bits per heavy atom. The molecule has 0 radical (unpaired) electrons. The molecular weight excluding hydrogens is 340 g/mol. The normalized spacial score (nSPS) is 31.1. The van der Waals surface area contributed by atoms with Gasteiger partial charge >= 0.3 is 0 Å². The lowest BCUT2D eigenvalue weighted by molar-refractivity contribution is -0.133. The van der Waals surface area contributed by atoms with Crippen LogP contribution in [0.15, 0.2) is 18.5 Å². The molecule has 1 fully saturated rings. The van der Waals surface area contributed by atoms with Gasteiger partial charge in [-0.1, -0.05) is 12.2 Å². The quantitative estimate of drug-likeness (QED) is 0.834. The number of carbonyl (C=O) groups excluding carboxylic acids is 1. The number of carbonyl (C=O) groups is 1. The van der Waals surface area contributed by atoms with Gasteiger partial charge in [0.05, 0.1) is 0 Å². The molecule has 3 heterocycles. The topological polar surface area (TPSA) is 63.1 Å². The molecule has 4 atom stereocenters. The van der Waals surface area contributed by atoms with Crippen LogP contribution in [0.2, 0.25) is 0 Å². The lowest BCUT2D eigenvalue weighted by atomic mass is 9.86. The first-order valence-corrected chi connectivity index (χ1v) is 9.50. The highest BCUT2D eigenvalue weighted by Crippen LogP contribution is 2.35. The predicted molar refractivity (Wildman–Crippen MR) is 92.9 cm³/mol. The van der Waals surface area contributed by atoms with Crippen molar-refractivity contribution in [3.63, 3.8) is 0 Å². The van der Waals surface area contributed by atoms with E-state index in [1.165, 1.54) is 11.0 Å². The highest BCUT2D eigenvalue weighted by Gasteiger charge is 2.39. The molecule has 6 nitrogen and oxygen atoms in total. The minimum Gasteiger partial charge on any atom is -0.351 e. The molecule has 3 aliphatic rings. The summed E-state index contributed by atoms with van der Waals surface area (Å²) in [6.07, 6.45) is 7.96. The van der Waals surface area contributed by atoms with Crippen LogP contribution in [-0.4, -0.2) is 51.1 Å². The summed E-state index contributed by atoms with van der Waals surface area (Å²) < 4.78 is 28.2. The van der Waals surface area contributed by atoms with E-state index in [-0.39, 0.29) is 17.9 Å². The van der Waals surface area contributed by atoms with Gasteiger partial charge in [-0.25, -0.2) is 13.5 Å². The molecule has 1 saturated heterocycles. The molecule has 0 saturated carbocycles. The highest BCUT2D eigenvalue weighted by molar-refractivity contribution is 5.76. The standard InChI is InChI=1S/C18H25F2N5O/c19-17(20)15-9-14(23-18-21-11-22-25(15)18)13-6-3-7-24(10-13)16(26)8-12-4-1-2-5-12/h1,4,11-15,17H,2-3,5-10H2,(H,21,22,23)/t12-,13-,14+,15-/m1/s1. The molecule has 1 amide bonds. The third kappa shape index (κ3) is 3.46. The van der Waals surface area contributed by atoms with Crippen LogP contribution in [0.3, 0.4) is 0 Å². The number of anilines is 1. The summed E-state index contributed by atoms with van der Waals surface area (Å²) in [5.74, 6) is 1.12. The fourth-order valence-electron chi connectivity index (χ4n) is 4.48. The summed E-state index contributed by atoms with van der Waals surface area (Å²) in [5, 5.41) is 7.20. The zero-order valence-corrected chi connectivity index (χ0v) is 14.7. The van der Waals surface area contributed by atoms with Crippen molar-refractivity contribution in [3.8, 4) is 0 Å². The fraction of sp³-hybridized carbons (Fsp3) is 0.722. The number of allylic oxidation sites excluding steroid dienone is 2. The zero-order chi connectivity index (χ0) is 18.1. The number of aromatic nitrogens is 3. The summed E-state index contributed by atoms with van der Waals surface area (Å²) >= 11 is 0. The Morgan fingerprint density at radius 3 is 3.04 bits per heavy atom. The molecule has 142 valence electrons. The number of fused-ring (bicyclic) bond motifs is 1. The van der Waals surface area contributed by atoms with Gasteiger partial charge in [-0.2, -0.15) is 10.1 Å². The molecule has 1 N–H and O–H groups in total. The maximum atomic E-state index is 13.5. The molecule has 0 unspecified atom stereocenters. The van der Waals surface area contributed by atoms with Crippen LogP contribution in [-0.2, 0) is 4.79 Å². The Balaban J connectivity index is 1.41. The van der Waals surface area contributed by atoms with Gasteiger partial charge in [-0.15, -0.1) is 0 Å². The number of halogens is 2. The molecule has 1 aromatic rings. The third-order valence-corrected chi connectivity index (χ3v) is 5.92. The molecule has 1 aliphatic carbocycles. The Bertz CT molecular complexity index is 676. The average Bonchev–Trinajstić information content (AvgIpc) is 3.32. The second-order valence-corrected chi connectivity index (χ2v) is 7.63. The molecule has 0 aromatic carbocycles. The first-order chi connectivity index (χ1) is 12.6. The number of hydrogen-bond acceptors (Lipinski definition) is 4. The van der Waals surface area contributed by atoms with E-state index in [1.807, 2.05) is 4.90 Å². The van der Waals surface area contributed by atoms with E-state index < -0.39 is 12.5 Å². The van der Waals surface area contributed by atoms with Crippen LogP contribution in [0.25, 0.3) is 0 Å². The van der Waals surface area contributed by atoms with Crippen LogP contribution in [0.4, 0.5) is 14.7 Å². The minimum atomic E-state index is -2.48. The van der Waals surface area contributed by atoms with E-state index in [2.05, 4.69) is 27.6 Å². The van der Waals surface area contributed by atoms with Crippen LogP contribution in [0, 0.1) is 11.8 Å². The summed E-state index contributed by atoms with van der Waals surface area (Å²) in [5.41, 5.74) is 0.